The van der Waals surface area contributed by atoms with Crippen LogP contribution >= 0.6 is 23.1 Å². The van der Waals surface area contributed by atoms with Crippen molar-refractivity contribution in [2.45, 2.75) is 24.1 Å². The van der Waals surface area contributed by atoms with Crippen LogP contribution in [0, 0.1) is 0 Å². The van der Waals surface area contributed by atoms with Crippen molar-refractivity contribution in [3.05, 3.63) is 48.5 Å². The SMILES string of the molecule is CCOc1ccccc1NC(=O)CCCSc1nc2ccccc2s1. The minimum absolute atomic E-state index is 0.0112. The highest BCUT2D eigenvalue weighted by atomic mass is 32.2. The number of aromatic nitrogens is 1. The molecule has 3 aromatic rings. The molecule has 0 saturated heterocycles. The van der Waals surface area contributed by atoms with Gasteiger partial charge in [0.15, 0.2) is 4.34 Å². The standard InChI is InChI=1S/C19H20N2O2S2/c1-2-23-16-10-5-3-8-14(16)20-18(22)12-7-13-24-19-21-15-9-4-6-11-17(15)25-19/h3-6,8-11H,2,7,12-13H2,1H3,(H,20,22). The molecular weight excluding hydrogens is 352 g/mol. The van der Waals surface area contributed by atoms with Crippen molar-refractivity contribution in [3.8, 4) is 5.75 Å². The molecule has 1 N–H and O–H groups in total. The number of anilines is 1. The second-order valence-corrected chi connectivity index (χ2v) is 7.75. The van der Waals surface area contributed by atoms with Crippen molar-refractivity contribution < 1.29 is 9.53 Å². The van der Waals surface area contributed by atoms with E-state index in [0.29, 0.717) is 18.8 Å². The van der Waals surface area contributed by atoms with Gasteiger partial charge in [-0.25, -0.2) is 4.98 Å². The molecule has 6 heteroatoms. The average molecular weight is 373 g/mol. The molecule has 1 aromatic heterocycles. The smallest absolute Gasteiger partial charge is 0.224 e. The van der Waals surface area contributed by atoms with E-state index < -0.39 is 0 Å². The summed E-state index contributed by atoms with van der Waals surface area (Å²) in [6.07, 6.45) is 1.29. The van der Waals surface area contributed by atoms with E-state index in [4.69, 9.17) is 4.74 Å². The predicted molar refractivity (Wildman–Crippen MR) is 106 cm³/mol. The molecule has 25 heavy (non-hydrogen) atoms. The first-order valence-corrected chi connectivity index (χ1v) is 10.1. The summed E-state index contributed by atoms with van der Waals surface area (Å²) in [5, 5.41) is 2.93. The Labute approximate surface area is 155 Å². The van der Waals surface area contributed by atoms with E-state index in [1.54, 1.807) is 23.1 Å². The highest BCUT2D eigenvalue weighted by Gasteiger charge is 2.08. The summed E-state index contributed by atoms with van der Waals surface area (Å²) in [5.74, 6) is 1.60. The topological polar surface area (TPSA) is 51.2 Å². The van der Waals surface area contributed by atoms with Gasteiger partial charge in [0.2, 0.25) is 5.91 Å². The lowest BCUT2D eigenvalue weighted by atomic mass is 10.2. The maximum Gasteiger partial charge on any atom is 0.224 e. The lowest BCUT2D eigenvalue weighted by Crippen LogP contribution is -2.12. The second-order valence-electron chi connectivity index (χ2n) is 5.38. The second kappa shape index (κ2) is 8.87. The van der Waals surface area contributed by atoms with E-state index in [1.807, 2.05) is 49.4 Å². The molecule has 0 aliphatic carbocycles. The van der Waals surface area contributed by atoms with E-state index in [1.165, 1.54) is 4.70 Å². The van der Waals surface area contributed by atoms with Crippen molar-refractivity contribution in [2.24, 2.45) is 0 Å². The lowest BCUT2D eigenvalue weighted by Gasteiger charge is -2.11. The van der Waals surface area contributed by atoms with Crippen molar-refractivity contribution in [2.75, 3.05) is 17.7 Å². The molecule has 0 bridgehead atoms. The number of carbonyl (C=O) groups excluding carboxylic acids is 1. The fourth-order valence-corrected chi connectivity index (χ4v) is 4.45. The van der Waals surface area contributed by atoms with Gasteiger partial charge >= 0.3 is 0 Å². The predicted octanol–water partition coefficient (Wildman–Crippen LogP) is 5.21. The van der Waals surface area contributed by atoms with E-state index in [-0.39, 0.29) is 5.91 Å². The summed E-state index contributed by atoms with van der Waals surface area (Å²) >= 11 is 3.41. The normalized spacial score (nSPS) is 10.8. The third kappa shape index (κ3) is 4.96. The van der Waals surface area contributed by atoms with Gasteiger partial charge in [0, 0.05) is 12.2 Å². The zero-order valence-electron chi connectivity index (χ0n) is 14.0. The highest BCUT2D eigenvalue weighted by molar-refractivity contribution is 8.01. The number of hydrogen-bond acceptors (Lipinski definition) is 5. The molecular formula is C19H20N2O2S2. The molecule has 1 heterocycles. The first kappa shape index (κ1) is 17.8. The Morgan fingerprint density at radius 2 is 2.00 bits per heavy atom. The summed E-state index contributed by atoms with van der Waals surface area (Å²) in [6, 6.07) is 15.6. The fraction of sp³-hybridized carbons (Fsp3) is 0.263. The molecule has 130 valence electrons. The first-order valence-electron chi connectivity index (χ1n) is 8.26. The van der Waals surface area contributed by atoms with E-state index in [2.05, 4.69) is 16.4 Å². The Bertz CT molecular complexity index is 815. The Morgan fingerprint density at radius 3 is 2.84 bits per heavy atom. The molecule has 2 aromatic carbocycles. The van der Waals surface area contributed by atoms with Gasteiger partial charge in [-0.05, 0) is 37.6 Å². The van der Waals surface area contributed by atoms with Crippen LogP contribution in [0.2, 0.25) is 0 Å². The number of thioether (sulfide) groups is 1. The number of benzene rings is 2. The third-order valence-electron chi connectivity index (χ3n) is 3.51. The van der Waals surface area contributed by atoms with Gasteiger partial charge in [-0.3, -0.25) is 4.79 Å². The molecule has 0 aliphatic heterocycles. The van der Waals surface area contributed by atoms with Crippen LogP contribution in [0.25, 0.3) is 10.2 Å². The van der Waals surface area contributed by atoms with Gasteiger partial charge in [-0.1, -0.05) is 36.0 Å². The number of thiazole rings is 1. The summed E-state index contributed by atoms with van der Waals surface area (Å²) in [5.41, 5.74) is 1.77. The monoisotopic (exact) mass is 372 g/mol. The molecule has 0 aliphatic rings. The number of rotatable bonds is 8. The average Bonchev–Trinajstić information content (AvgIpc) is 3.03. The molecule has 0 atom stereocenters. The Balaban J connectivity index is 1.45. The quantitative estimate of drug-likeness (QED) is 0.436. The number of hydrogen-bond donors (Lipinski definition) is 1. The zero-order chi connectivity index (χ0) is 17.5. The lowest BCUT2D eigenvalue weighted by molar-refractivity contribution is -0.116. The van der Waals surface area contributed by atoms with Gasteiger partial charge in [0.1, 0.15) is 5.75 Å². The van der Waals surface area contributed by atoms with Crippen LogP contribution in [0.4, 0.5) is 5.69 Å². The summed E-state index contributed by atoms with van der Waals surface area (Å²) in [7, 11) is 0. The van der Waals surface area contributed by atoms with E-state index in [9.17, 15) is 4.79 Å². The highest BCUT2D eigenvalue weighted by Crippen LogP contribution is 2.30. The van der Waals surface area contributed by atoms with Crippen LogP contribution in [0.1, 0.15) is 19.8 Å². The minimum atomic E-state index is 0.0112. The third-order valence-corrected chi connectivity index (χ3v) is 5.77. The van der Waals surface area contributed by atoms with Crippen molar-refractivity contribution in [1.82, 2.24) is 4.98 Å². The minimum Gasteiger partial charge on any atom is -0.492 e. The van der Waals surface area contributed by atoms with Crippen molar-refractivity contribution >= 4 is 44.9 Å². The number of nitrogens with zero attached hydrogens (tertiary/aromatic N) is 1. The number of fused-ring (bicyclic) bond motifs is 1. The number of para-hydroxylation sites is 3. The van der Waals surface area contributed by atoms with Crippen LogP contribution < -0.4 is 10.1 Å². The van der Waals surface area contributed by atoms with Crippen molar-refractivity contribution in [3.63, 3.8) is 0 Å². The Kier molecular flexibility index (Phi) is 6.30. The molecule has 0 saturated carbocycles. The number of carbonyl (C=O) groups is 1. The van der Waals surface area contributed by atoms with Crippen LogP contribution in [-0.2, 0) is 4.79 Å². The molecule has 0 radical (unpaired) electrons. The van der Waals surface area contributed by atoms with Crippen LogP contribution in [0.15, 0.2) is 52.9 Å². The summed E-state index contributed by atoms with van der Waals surface area (Å²) in [4.78, 5) is 16.7. The number of nitrogens with one attached hydrogen (secondary N) is 1. The maximum atomic E-state index is 12.1. The molecule has 0 unspecified atom stereocenters. The summed E-state index contributed by atoms with van der Waals surface area (Å²) in [6.45, 7) is 2.50. The zero-order valence-corrected chi connectivity index (χ0v) is 15.7. The first-order chi connectivity index (χ1) is 12.3. The molecule has 0 fully saturated rings. The van der Waals surface area contributed by atoms with Crippen LogP contribution in [-0.4, -0.2) is 23.3 Å². The van der Waals surface area contributed by atoms with E-state index in [0.717, 1.165) is 27.7 Å². The molecule has 3 rings (SSSR count). The van der Waals surface area contributed by atoms with Gasteiger partial charge in [-0.15, -0.1) is 11.3 Å². The molecule has 4 nitrogen and oxygen atoms in total. The van der Waals surface area contributed by atoms with E-state index >= 15 is 0 Å². The molecule has 1 amide bonds. The maximum absolute atomic E-state index is 12.1. The fourth-order valence-electron chi connectivity index (χ4n) is 2.37. The number of ether oxygens (including phenoxy) is 1. The summed E-state index contributed by atoms with van der Waals surface area (Å²) < 4.78 is 7.79. The number of amides is 1. The largest absolute Gasteiger partial charge is 0.492 e. The Hall–Kier alpha value is -2.05. The van der Waals surface area contributed by atoms with Gasteiger partial charge in [0.25, 0.3) is 0 Å². The van der Waals surface area contributed by atoms with Gasteiger partial charge in [0.05, 0.1) is 22.5 Å². The van der Waals surface area contributed by atoms with Gasteiger partial charge < -0.3 is 10.1 Å². The van der Waals surface area contributed by atoms with Crippen LogP contribution in [0.5, 0.6) is 5.75 Å². The molecule has 0 spiro atoms. The van der Waals surface area contributed by atoms with Crippen LogP contribution in [0.3, 0.4) is 0 Å². The van der Waals surface area contributed by atoms with Gasteiger partial charge in [-0.2, -0.15) is 0 Å². The van der Waals surface area contributed by atoms with Crippen molar-refractivity contribution in [1.29, 1.82) is 0 Å². The Morgan fingerprint density at radius 1 is 1.20 bits per heavy atom.